The van der Waals surface area contributed by atoms with E-state index in [0.717, 1.165) is 32.7 Å². The van der Waals surface area contributed by atoms with Gasteiger partial charge in [0.05, 0.1) is 0 Å². The summed E-state index contributed by atoms with van der Waals surface area (Å²) in [4.78, 5) is 2.62. The molecule has 2 rings (SSSR count). The summed E-state index contributed by atoms with van der Waals surface area (Å²) in [5.74, 6) is 0. The monoisotopic (exact) mass is 290 g/mol. The molecular weight excluding hydrogens is 260 g/mol. The first-order chi connectivity index (χ1) is 10.1. The number of methoxy groups -OCH3 is 1. The molecule has 1 fully saturated rings. The summed E-state index contributed by atoms with van der Waals surface area (Å²) in [6, 6.07) is 11.3. The van der Waals surface area contributed by atoms with Gasteiger partial charge in [0.15, 0.2) is 0 Å². The van der Waals surface area contributed by atoms with E-state index in [-0.39, 0.29) is 0 Å². The van der Waals surface area contributed by atoms with Gasteiger partial charge in [0, 0.05) is 32.8 Å². The average molecular weight is 290 g/mol. The van der Waals surface area contributed by atoms with Gasteiger partial charge in [-0.3, -0.25) is 0 Å². The zero-order valence-corrected chi connectivity index (χ0v) is 13.8. The maximum atomic E-state index is 5.25. The van der Waals surface area contributed by atoms with Crippen LogP contribution < -0.4 is 5.32 Å². The fourth-order valence-electron chi connectivity index (χ4n) is 3.11. The molecule has 1 aliphatic heterocycles. The minimum absolute atomic E-state index is 0.307. The Morgan fingerprint density at radius 3 is 2.76 bits per heavy atom. The predicted octanol–water partition coefficient (Wildman–Crippen LogP) is 3.09. The summed E-state index contributed by atoms with van der Waals surface area (Å²) in [5, 5.41) is 3.69. The van der Waals surface area contributed by atoms with Crippen LogP contribution in [0.5, 0.6) is 0 Å². The first-order valence-electron chi connectivity index (χ1n) is 8.10. The van der Waals surface area contributed by atoms with Crippen molar-refractivity contribution in [3.05, 3.63) is 35.9 Å². The highest BCUT2D eigenvalue weighted by molar-refractivity contribution is 5.19. The van der Waals surface area contributed by atoms with Crippen molar-refractivity contribution >= 4 is 0 Å². The molecule has 0 radical (unpaired) electrons. The van der Waals surface area contributed by atoms with E-state index in [1.54, 1.807) is 7.11 Å². The smallest absolute Gasteiger partial charge is 0.0467 e. The average Bonchev–Trinajstić information content (AvgIpc) is 2.71. The van der Waals surface area contributed by atoms with Gasteiger partial charge in [-0.25, -0.2) is 0 Å². The fraction of sp³-hybridized carbons (Fsp3) is 0.667. The van der Waals surface area contributed by atoms with Crippen LogP contribution >= 0.6 is 0 Å². The maximum absolute atomic E-state index is 5.25. The standard InChI is InChI=1S/C18H30N2O/c1-18(2,10-13-21-3)15-20-12-7-11-19-17(14-20)16-8-5-4-6-9-16/h4-6,8-9,17,19H,7,10-15H2,1-3H3. The number of hydrogen-bond donors (Lipinski definition) is 1. The van der Waals surface area contributed by atoms with Crippen LogP contribution in [-0.2, 0) is 4.74 Å². The molecule has 1 aliphatic rings. The molecule has 1 atom stereocenters. The first kappa shape index (κ1) is 16.5. The molecule has 0 amide bonds. The van der Waals surface area contributed by atoms with E-state index in [0.29, 0.717) is 11.5 Å². The van der Waals surface area contributed by atoms with E-state index < -0.39 is 0 Å². The Labute approximate surface area is 129 Å². The molecule has 3 heteroatoms. The molecule has 1 saturated heterocycles. The third-order valence-electron chi connectivity index (χ3n) is 4.32. The van der Waals surface area contributed by atoms with Crippen molar-refractivity contribution in [1.82, 2.24) is 10.2 Å². The van der Waals surface area contributed by atoms with E-state index >= 15 is 0 Å². The summed E-state index contributed by atoms with van der Waals surface area (Å²) in [6.45, 7) is 10.1. The molecule has 1 aromatic rings. The Morgan fingerprint density at radius 1 is 1.29 bits per heavy atom. The Balaban J connectivity index is 1.96. The number of nitrogens with zero attached hydrogens (tertiary/aromatic N) is 1. The van der Waals surface area contributed by atoms with Gasteiger partial charge in [0.2, 0.25) is 0 Å². The van der Waals surface area contributed by atoms with Gasteiger partial charge in [-0.15, -0.1) is 0 Å². The van der Waals surface area contributed by atoms with Crippen molar-refractivity contribution < 1.29 is 4.74 Å². The highest BCUT2D eigenvalue weighted by atomic mass is 16.5. The first-order valence-corrected chi connectivity index (χ1v) is 8.10. The third kappa shape index (κ3) is 5.42. The van der Waals surface area contributed by atoms with Crippen molar-refractivity contribution in [2.45, 2.75) is 32.7 Å². The van der Waals surface area contributed by atoms with Crippen LogP contribution in [-0.4, -0.2) is 44.8 Å². The van der Waals surface area contributed by atoms with Crippen molar-refractivity contribution in [2.75, 3.05) is 39.9 Å². The predicted molar refractivity (Wildman–Crippen MR) is 88.5 cm³/mol. The van der Waals surface area contributed by atoms with Crippen LogP contribution in [0.4, 0.5) is 0 Å². The van der Waals surface area contributed by atoms with Crippen LogP contribution in [0.25, 0.3) is 0 Å². The second-order valence-electron chi connectivity index (χ2n) is 6.91. The Kier molecular flexibility index (Phi) is 6.22. The SMILES string of the molecule is COCCC(C)(C)CN1CCCNC(c2ccccc2)C1. The molecule has 0 spiro atoms. The van der Waals surface area contributed by atoms with Gasteiger partial charge in [-0.1, -0.05) is 44.2 Å². The minimum Gasteiger partial charge on any atom is -0.385 e. The lowest BCUT2D eigenvalue weighted by Crippen LogP contribution is -2.38. The molecule has 21 heavy (non-hydrogen) atoms. The number of benzene rings is 1. The zero-order chi connectivity index (χ0) is 15.1. The topological polar surface area (TPSA) is 24.5 Å². The van der Waals surface area contributed by atoms with Gasteiger partial charge in [0.1, 0.15) is 0 Å². The van der Waals surface area contributed by atoms with Gasteiger partial charge >= 0.3 is 0 Å². The molecule has 3 nitrogen and oxygen atoms in total. The van der Waals surface area contributed by atoms with Crippen molar-refractivity contribution in [3.8, 4) is 0 Å². The molecule has 0 aromatic heterocycles. The van der Waals surface area contributed by atoms with Gasteiger partial charge in [-0.2, -0.15) is 0 Å². The van der Waals surface area contributed by atoms with E-state index in [2.05, 4.69) is 54.4 Å². The van der Waals surface area contributed by atoms with Crippen molar-refractivity contribution in [2.24, 2.45) is 5.41 Å². The number of ether oxygens (including phenoxy) is 1. The van der Waals surface area contributed by atoms with Crippen LogP contribution in [0.2, 0.25) is 0 Å². The Hall–Kier alpha value is -0.900. The molecule has 0 saturated carbocycles. The molecule has 1 unspecified atom stereocenters. The quantitative estimate of drug-likeness (QED) is 0.871. The van der Waals surface area contributed by atoms with Gasteiger partial charge in [0.25, 0.3) is 0 Å². The minimum atomic E-state index is 0.307. The summed E-state index contributed by atoms with van der Waals surface area (Å²) >= 11 is 0. The number of rotatable bonds is 6. The second kappa shape index (κ2) is 7.92. The normalized spacial score (nSPS) is 21.2. The summed E-state index contributed by atoms with van der Waals surface area (Å²) in [5.41, 5.74) is 1.71. The van der Waals surface area contributed by atoms with Crippen LogP contribution in [0.3, 0.4) is 0 Å². The highest BCUT2D eigenvalue weighted by Crippen LogP contribution is 2.25. The van der Waals surface area contributed by atoms with Crippen LogP contribution in [0.1, 0.15) is 38.3 Å². The van der Waals surface area contributed by atoms with Gasteiger partial charge < -0.3 is 15.0 Å². The van der Waals surface area contributed by atoms with E-state index in [9.17, 15) is 0 Å². The van der Waals surface area contributed by atoms with E-state index in [1.165, 1.54) is 18.5 Å². The second-order valence-corrected chi connectivity index (χ2v) is 6.91. The fourth-order valence-corrected chi connectivity index (χ4v) is 3.11. The molecule has 1 aromatic carbocycles. The third-order valence-corrected chi connectivity index (χ3v) is 4.32. The molecule has 1 N–H and O–H groups in total. The zero-order valence-electron chi connectivity index (χ0n) is 13.8. The Bertz CT molecular complexity index is 405. The lowest BCUT2D eigenvalue weighted by atomic mass is 9.88. The number of hydrogen-bond acceptors (Lipinski definition) is 3. The van der Waals surface area contributed by atoms with Crippen LogP contribution in [0.15, 0.2) is 30.3 Å². The number of nitrogens with one attached hydrogen (secondary N) is 1. The van der Waals surface area contributed by atoms with Crippen molar-refractivity contribution in [1.29, 1.82) is 0 Å². The largest absolute Gasteiger partial charge is 0.385 e. The molecule has 1 heterocycles. The summed E-state index contributed by atoms with van der Waals surface area (Å²) in [6.07, 6.45) is 2.34. The maximum Gasteiger partial charge on any atom is 0.0467 e. The van der Waals surface area contributed by atoms with E-state index in [1.807, 2.05) is 0 Å². The lowest BCUT2D eigenvalue weighted by Gasteiger charge is -2.33. The van der Waals surface area contributed by atoms with Gasteiger partial charge in [-0.05, 0) is 36.9 Å². The Morgan fingerprint density at radius 2 is 2.05 bits per heavy atom. The summed E-state index contributed by atoms with van der Waals surface area (Å²) in [7, 11) is 1.79. The molecule has 0 bridgehead atoms. The van der Waals surface area contributed by atoms with Crippen molar-refractivity contribution in [3.63, 3.8) is 0 Å². The summed E-state index contributed by atoms with van der Waals surface area (Å²) < 4.78 is 5.25. The lowest BCUT2D eigenvalue weighted by molar-refractivity contribution is 0.115. The molecule has 118 valence electrons. The molecule has 0 aliphatic carbocycles. The van der Waals surface area contributed by atoms with E-state index in [4.69, 9.17) is 4.74 Å². The highest BCUT2D eigenvalue weighted by Gasteiger charge is 2.25. The molecular formula is C18H30N2O. The van der Waals surface area contributed by atoms with Crippen LogP contribution in [0, 0.1) is 5.41 Å².